The topological polar surface area (TPSA) is 76.0 Å². The molecule has 6 heteroatoms. The molecule has 6 nitrogen and oxygen atoms in total. The molecule has 4 aromatic rings. The van der Waals surface area contributed by atoms with Gasteiger partial charge in [-0.1, -0.05) is 42.0 Å². The van der Waals surface area contributed by atoms with E-state index in [0.717, 1.165) is 35.3 Å². The third kappa shape index (κ3) is 4.70. The highest BCUT2D eigenvalue weighted by Gasteiger charge is 2.29. The summed E-state index contributed by atoms with van der Waals surface area (Å²) >= 11 is 0. The van der Waals surface area contributed by atoms with Gasteiger partial charge in [-0.2, -0.15) is 5.10 Å². The Morgan fingerprint density at radius 3 is 2.24 bits per heavy atom. The van der Waals surface area contributed by atoms with Crippen LogP contribution in [0.5, 0.6) is 0 Å². The lowest BCUT2D eigenvalue weighted by Gasteiger charge is -2.08. The van der Waals surface area contributed by atoms with Crippen molar-refractivity contribution in [2.75, 3.05) is 10.6 Å². The lowest BCUT2D eigenvalue weighted by Crippen LogP contribution is -2.14. The third-order valence-electron chi connectivity index (χ3n) is 5.63. The van der Waals surface area contributed by atoms with E-state index in [9.17, 15) is 9.59 Å². The number of carbonyl (C=O) groups is 2. The van der Waals surface area contributed by atoms with Crippen LogP contribution in [0.3, 0.4) is 0 Å². The molecule has 1 aliphatic rings. The van der Waals surface area contributed by atoms with Gasteiger partial charge in [0.15, 0.2) is 0 Å². The fraction of sp³-hybridized carbons (Fsp3) is 0.148. The maximum atomic E-state index is 13.3. The van der Waals surface area contributed by atoms with Crippen molar-refractivity contribution in [2.24, 2.45) is 5.92 Å². The second-order valence-electron chi connectivity index (χ2n) is 8.34. The minimum absolute atomic E-state index is 0.0582. The normalized spacial score (nSPS) is 12.9. The number of hydrogen-bond donors (Lipinski definition) is 2. The average molecular weight is 437 g/mol. The van der Waals surface area contributed by atoms with Gasteiger partial charge in [-0.15, -0.1) is 0 Å². The second-order valence-corrected chi connectivity index (χ2v) is 8.34. The van der Waals surface area contributed by atoms with Crippen molar-refractivity contribution in [1.82, 2.24) is 9.78 Å². The number of amides is 2. The summed E-state index contributed by atoms with van der Waals surface area (Å²) in [5, 5.41) is 10.6. The molecule has 1 fully saturated rings. The Hall–Kier alpha value is -4.19. The Bertz CT molecular complexity index is 1310. The van der Waals surface area contributed by atoms with Crippen LogP contribution >= 0.6 is 0 Å². The van der Waals surface area contributed by atoms with Gasteiger partial charge in [0.2, 0.25) is 5.91 Å². The largest absolute Gasteiger partial charge is 0.326 e. The summed E-state index contributed by atoms with van der Waals surface area (Å²) in [7, 11) is 0. The van der Waals surface area contributed by atoms with Crippen LogP contribution in [-0.4, -0.2) is 21.6 Å². The van der Waals surface area contributed by atoms with Crippen molar-refractivity contribution in [3.05, 3.63) is 96.2 Å². The number of nitrogens with one attached hydrogen (secondary N) is 2. The molecule has 2 N–H and O–H groups in total. The van der Waals surface area contributed by atoms with E-state index in [-0.39, 0.29) is 17.7 Å². The van der Waals surface area contributed by atoms with E-state index in [1.807, 2.05) is 61.5 Å². The van der Waals surface area contributed by atoms with Gasteiger partial charge in [0, 0.05) is 29.1 Å². The van der Waals surface area contributed by atoms with Crippen LogP contribution in [0.4, 0.5) is 11.4 Å². The summed E-state index contributed by atoms with van der Waals surface area (Å²) in [5.74, 6) is -0.0445. The Morgan fingerprint density at radius 1 is 0.879 bits per heavy atom. The monoisotopic (exact) mass is 436 g/mol. The molecule has 1 aromatic heterocycles. The van der Waals surface area contributed by atoms with Crippen LogP contribution in [-0.2, 0) is 4.79 Å². The van der Waals surface area contributed by atoms with Gasteiger partial charge in [-0.05, 0) is 62.2 Å². The van der Waals surface area contributed by atoms with E-state index in [4.69, 9.17) is 5.10 Å². The summed E-state index contributed by atoms with van der Waals surface area (Å²) in [4.78, 5) is 25.2. The Kier molecular flexibility index (Phi) is 5.48. The highest BCUT2D eigenvalue weighted by Crippen LogP contribution is 2.30. The number of benzene rings is 3. The molecule has 0 aliphatic heterocycles. The quantitative estimate of drug-likeness (QED) is 0.422. The van der Waals surface area contributed by atoms with Crippen molar-refractivity contribution in [2.45, 2.75) is 19.8 Å². The molecular weight excluding hydrogens is 412 g/mol. The summed E-state index contributed by atoms with van der Waals surface area (Å²) in [6, 6.07) is 24.8. The highest BCUT2D eigenvalue weighted by molar-refractivity contribution is 6.08. The molecule has 0 atom stereocenters. The predicted octanol–water partition coefficient (Wildman–Crippen LogP) is 5.45. The number of aromatic nitrogens is 2. The van der Waals surface area contributed by atoms with Gasteiger partial charge in [0.05, 0.1) is 11.3 Å². The van der Waals surface area contributed by atoms with Crippen LogP contribution in [0.1, 0.15) is 28.8 Å². The van der Waals surface area contributed by atoms with E-state index in [0.29, 0.717) is 16.9 Å². The minimum atomic E-state index is -0.247. The van der Waals surface area contributed by atoms with Crippen molar-refractivity contribution in [3.8, 4) is 16.9 Å². The van der Waals surface area contributed by atoms with E-state index in [1.165, 1.54) is 0 Å². The number of rotatable bonds is 6. The first-order valence-electron chi connectivity index (χ1n) is 11.0. The van der Waals surface area contributed by atoms with E-state index < -0.39 is 0 Å². The van der Waals surface area contributed by atoms with Crippen molar-refractivity contribution >= 4 is 23.2 Å². The molecule has 1 heterocycles. The lowest BCUT2D eigenvalue weighted by molar-refractivity contribution is -0.117. The van der Waals surface area contributed by atoms with E-state index in [2.05, 4.69) is 10.6 Å². The van der Waals surface area contributed by atoms with Crippen molar-refractivity contribution in [3.63, 3.8) is 0 Å². The third-order valence-corrected chi connectivity index (χ3v) is 5.63. The molecule has 0 unspecified atom stereocenters. The Labute approximate surface area is 192 Å². The summed E-state index contributed by atoms with van der Waals surface area (Å²) < 4.78 is 1.73. The molecule has 1 aliphatic carbocycles. The molecule has 3 aromatic carbocycles. The van der Waals surface area contributed by atoms with E-state index >= 15 is 0 Å². The predicted molar refractivity (Wildman–Crippen MR) is 129 cm³/mol. The van der Waals surface area contributed by atoms with Crippen LogP contribution in [0.15, 0.2) is 85.1 Å². The van der Waals surface area contributed by atoms with Crippen LogP contribution in [0.2, 0.25) is 0 Å². The fourth-order valence-corrected chi connectivity index (χ4v) is 3.68. The lowest BCUT2D eigenvalue weighted by atomic mass is 10.1. The van der Waals surface area contributed by atoms with Crippen LogP contribution in [0, 0.1) is 12.8 Å². The molecule has 2 amide bonds. The number of anilines is 2. The minimum Gasteiger partial charge on any atom is -0.326 e. The number of para-hydroxylation sites is 1. The average Bonchev–Trinajstić information content (AvgIpc) is 3.59. The van der Waals surface area contributed by atoms with Crippen molar-refractivity contribution in [1.29, 1.82) is 0 Å². The zero-order valence-corrected chi connectivity index (χ0v) is 18.3. The summed E-state index contributed by atoms with van der Waals surface area (Å²) in [5.41, 5.74) is 5.32. The second kappa shape index (κ2) is 8.74. The SMILES string of the molecule is Cc1cccc(-c2nn(-c3ccccc3)cc2C(=O)Nc2ccc(NC(=O)C3CC3)cc2)c1. The first kappa shape index (κ1) is 20.7. The van der Waals surface area contributed by atoms with Crippen LogP contribution < -0.4 is 10.6 Å². The molecule has 0 spiro atoms. The van der Waals surface area contributed by atoms with Gasteiger partial charge >= 0.3 is 0 Å². The smallest absolute Gasteiger partial charge is 0.259 e. The molecule has 0 saturated heterocycles. The fourth-order valence-electron chi connectivity index (χ4n) is 3.68. The molecule has 164 valence electrons. The zero-order valence-electron chi connectivity index (χ0n) is 18.3. The standard InChI is InChI=1S/C27H24N4O2/c1-18-6-5-7-20(16-18)25-24(17-31(30-25)23-8-3-2-4-9-23)27(33)29-22-14-12-21(13-15-22)28-26(32)19-10-11-19/h2-9,12-17,19H,10-11H2,1H3,(H,28,32)(H,29,33). The maximum Gasteiger partial charge on any atom is 0.259 e. The van der Waals surface area contributed by atoms with Gasteiger partial charge in [-0.25, -0.2) is 4.68 Å². The van der Waals surface area contributed by atoms with Gasteiger partial charge in [0.25, 0.3) is 5.91 Å². The maximum absolute atomic E-state index is 13.3. The molecule has 5 rings (SSSR count). The van der Waals surface area contributed by atoms with Gasteiger partial charge < -0.3 is 10.6 Å². The first-order valence-corrected chi connectivity index (χ1v) is 11.0. The molecular formula is C27H24N4O2. The first-order chi connectivity index (χ1) is 16.1. The number of hydrogen-bond acceptors (Lipinski definition) is 3. The highest BCUT2D eigenvalue weighted by atomic mass is 16.2. The number of nitrogens with zero attached hydrogens (tertiary/aromatic N) is 2. The summed E-state index contributed by atoms with van der Waals surface area (Å²) in [6.07, 6.45) is 3.67. The van der Waals surface area contributed by atoms with E-state index in [1.54, 1.807) is 35.1 Å². The zero-order chi connectivity index (χ0) is 22.8. The molecule has 33 heavy (non-hydrogen) atoms. The molecule has 0 radical (unpaired) electrons. The van der Waals surface area contributed by atoms with Gasteiger partial charge in [-0.3, -0.25) is 9.59 Å². The van der Waals surface area contributed by atoms with Crippen LogP contribution in [0.25, 0.3) is 16.9 Å². The molecule has 0 bridgehead atoms. The van der Waals surface area contributed by atoms with Crippen molar-refractivity contribution < 1.29 is 9.59 Å². The summed E-state index contributed by atoms with van der Waals surface area (Å²) in [6.45, 7) is 2.01. The molecule has 1 saturated carbocycles. The Balaban J connectivity index is 1.41. The van der Waals surface area contributed by atoms with Gasteiger partial charge in [0.1, 0.15) is 5.69 Å². The number of carbonyl (C=O) groups excluding carboxylic acids is 2. The number of aryl methyl sites for hydroxylation is 1. The Morgan fingerprint density at radius 2 is 1.58 bits per heavy atom.